The summed E-state index contributed by atoms with van der Waals surface area (Å²) in [4.78, 5) is 12.1. The van der Waals surface area contributed by atoms with E-state index in [0.717, 1.165) is 12.2 Å². The van der Waals surface area contributed by atoms with Gasteiger partial charge < -0.3 is 20.2 Å². The molecule has 1 rings (SSSR count). The van der Waals surface area contributed by atoms with Gasteiger partial charge in [-0.25, -0.2) is 0 Å². The molecule has 0 unspecified atom stereocenters. The Hall–Kier alpha value is -1.33. The lowest BCUT2D eigenvalue weighted by Gasteiger charge is -2.36. The van der Waals surface area contributed by atoms with Gasteiger partial charge in [-0.15, -0.1) is 0 Å². The molecule has 1 aromatic rings. The quantitative estimate of drug-likeness (QED) is 0.715. The van der Waals surface area contributed by atoms with Crippen LogP contribution in [0.15, 0.2) is 22.8 Å². The van der Waals surface area contributed by atoms with Crippen molar-refractivity contribution in [2.75, 3.05) is 13.2 Å². The molecule has 1 heterocycles. The highest BCUT2D eigenvalue weighted by Gasteiger charge is 2.39. The van der Waals surface area contributed by atoms with Crippen molar-refractivity contribution in [2.24, 2.45) is 11.1 Å². The van der Waals surface area contributed by atoms with Crippen molar-refractivity contribution in [1.29, 1.82) is 0 Å². The minimum Gasteiger partial charge on any atom is -0.467 e. The Morgan fingerprint density at radius 3 is 2.65 bits per heavy atom. The molecule has 0 aromatic carbocycles. The summed E-state index contributed by atoms with van der Waals surface area (Å²) in [6.45, 7) is 9.05. The monoisotopic (exact) mass is 282 g/mol. The molecule has 20 heavy (non-hydrogen) atoms. The highest BCUT2D eigenvalue weighted by atomic mass is 16.5. The summed E-state index contributed by atoms with van der Waals surface area (Å²) < 4.78 is 10.6. The lowest BCUT2D eigenvalue weighted by Crippen LogP contribution is -2.55. The summed E-state index contributed by atoms with van der Waals surface area (Å²) >= 11 is 0. The van der Waals surface area contributed by atoms with Crippen LogP contribution in [0.1, 0.15) is 39.9 Å². The van der Waals surface area contributed by atoms with Crippen molar-refractivity contribution in [3.8, 4) is 0 Å². The molecule has 0 saturated heterocycles. The number of carbonyl (C=O) groups is 1. The highest BCUT2D eigenvalue weighted by Crippen LogP contribution is 2.28. The zero-order chi connectivity index (χ0) is 15.2. The van der Waals surface area contributed by atoms with Gasteiger partial charge in [0.05, 0.1) is 11.7 Å². The third-order valence-electron chi connectivity index (χ3n) is 3.75. The molecule has 5 nitrogen and oxygen atoms in total. The number of amides is 1. The number of hydrogen-bond acceptors (Lipinski definition) is 4. The molecule has 0 aliphatic rings. The summed E-state index contributed by atoms with van der Waals surface area (Å²) in [5.41, 5.74) is 4.85. The number of furan rings is 1. The largest absolute Gasteiger partial charge is 0.467 e. The summed E-state index contributed by atoms with van der Waals surface area (Å²) in [7, 11) is 0. The number of ether oxygens (including phenoxy) is 1. The molecule has 0 saturated carbocycles. The second kappa shape index (κ2) is 6.90. The molecule has 0 atom stereocenters. The van der Waals surface area contributed by atoms with E-state index in [4.69, 9.17) is 14.9 Å². The molecule has 114 valence electrons. The van der Waals surface area contributed by atoms with E-state index < -0.39 is 11.0 Å². The minimum absolute atomic E-state index is 0.0314. The third-order valence-corrected chi connectivity index (χ3v) is 3.75. The zero-order valence-electron chi connectivity index (χ0n) is 12.9. The van der Waals surface area contributed by atoms with Crippen molar-refractivity contribution < 1.29 is 13.9 Å². The number of rotatable bonds is 8. The summed E-state index contributed by atoms with van der Waals surface area (Å²) in [6.07, 6.45) is 2.38. The fraction of sp³-hybridized carbons (Fsp3) is 0.667. The summed E-state index contributed by atoms with van der Waals surface area (Å²) in [5.74, 6) is 0.774. The van der Waals surface area contributed by atoms with Crippen LogP contribution in [0.4, 0.5) is 0 Å². The van der Waals surface area contributed by atoms with E-state index in [2.05, 4.69) is 5.32 Å². The molecule has 0 fully saturated rings. The van der Waals surface area contributed by atoms with Gasteiger partial charge >= 0.3 is 0 Å². The van der Waals surface area contributed by atoms with E-state index in [-0.39, 0.29) is 5.91 Å². The van der Waals surface area contributed by atoms with Gasteiger partial charge in [-0.05, 0) is 46.2 Å². The van der Waals surface area contributed by atoms with Crippen LogP contribution in [0.3, 0.4) is 0 Å². The maximum atomic E-state index is 12.1. The summed E-state index contributed by atoms with van der Waals surface area (Å²) in [5, 5.41) is 2.90. The molecule has 0 spiro atoms. The van der Waals surface area contributed by atoms with E-state index in [1.165, 1.54) is 0 Å². The predicted molar refractivity (Wildman–Crippen MR) is 78.0 cm³/mol. The Labute approximate surface area is 120 Å². The van der Waals surface area contributed by atoms with Gasteiger partial charge in [0.25, 0.3) is 0 Å². The first-order valence-corrected chi connectivity index (χ1v) is 6.92. The molecule has 1 amide bonds. The molecule has 0 aliphatic heterocycles. The van der Waals surface area contributed by atoms with Gasteiger partial charge in [-0.1, -0.05) is 0 Å². The van der Waals surface area contributed by atoms with Crippen molar-refractivity contribution in [1.82, 2.24) is 5.32 Å². The van der Waals surface area contributed by atoms with Gasteiger partial charge in [0.15, 0.2) is 0 Å². The zero-order valence-corrected chi connectivity index (χ0v) is 12.9. The van der Waals surface area contributed by atoms with Crippen molar-refractivity contribution in [3.05, 3.63) is 24.2 Å². The molecule has 0 radical (unpaired) electrons. The first kappa shape index (κ1) is 16.7. The predicted octanol–water partition coefficient (Wildman–Crippen LogP) is 2.07. The second-order valence-electron chi connectivity index (χ2n) is 6.09. The van der Waals surface area contributed by atoms with E-state index in [0.29, 0.717) is 19.8 Å². The minimum atomic E-state index is -0.609. The van der Waals surface area contributed by atoms with E-state index >= 15 is 0 Å². The van der Waals surface area contributed by atoms with Gasteiger partial charge in [-0.3, -0.25) is 4.79 Å². The maximum Gasteiger partial charge on any atom is 0.227 e. The van der Waals surface area contributed by atoms with Gasteiger partial charge in [0.1, 0.15) is 12.4 Å². The van der Waals surface area contributed by atoms with Crippen LogP contribution >= 0.6 is 0 Å². The van der Waals surface area contributed by atoms with Crippen LogP contribution in [0.25, 0.3) is 0 Å². The van der Waals surface area contributed by atoms with E-state index in [9.17, 15) is 4.79 Å². The molecule has 1 aromatic heterocycles. The molecular weight excluding hydrogens is 256 g/mol. The van der Waals surface area contributed by atoms with Crippen LogP contribution in [0.2, 0.25) is 0 Å². The number of nitrogens with two attached hydrogens (primary N) is 1. The molecule has 0 bridgehead atoms. The topological polar surface area (TPSA) is 77.5 Å². The van der Waals surface area contributed by atoms with Gasteiger partial charge in [0, 0.05) is 18.7 Å². The Bertz CT molecular complexity index is 405. The number of carbonyl (C=O) groups excluding carboxylic acids is 1. The Kier molecular flexibility index (Phi) is 5.77. The van der Waals surface area contributed by atoms with Gasteiger partial charge in [0.2, 0.25) is 5.91 Å². The first-order chi connectivity index (χ1) is 9.25. The van der Waals surface area contributed by atoms with Crippen LogP contribution in [0, 0.1) is 5.41 Å². The lowest BCUT2D eigenvalue weighted by molar-refractivity contribution is -0.132. The molecule has 3 N–H and O–H groups in total. The Balaban J connectivity index is 2.16. The Morgan fingerprint density at radius 2 is 2.10 bits per heavy atom. The van der Waals surface area contributed by atoms with Crippen LogP contribution in [-0.4, -0.2) is 24.6 Å². The van der Waals surface area contributed by atoms with Crippen LogP contribution < -0.4 is 11.1 Å². The van der Waals surface area contributed by atoms with E-state index in [1.54, 1.807) is 6.26 Å². The molecule has 0 aliphatic carbocycles. The third kappa shape index (κ3) is 4.65. The average Bonchev–Trinajstić information content (AvgIpc) is 2.84. The normalized spacial score (nSPS) is 12.4. The molecule has 5 heteroatoms. The van der Waals surface area contributed by atoms with E-state index in [1.807, 2.05) is 39.8 Å². The van der Waals surface area contributed by atoms with Crippen molar-refractivity contribution in [2.45, 2.75) is 46.3 Å². The smallest absolute Gasteiger partial charge is 0.227 e. The SMILES string of the molecule is CC(C)(N)C(C)(C)C(=O)NCCCOCc1ccco1. The van der Waals surface area contributed by atoms with Crippen molar-refractivity contribution in [3.63, 3.8) is 0 Å². The highest BCUT2D eigenvalue weighted by molar-refractivity contribution is 5.83. The number of hydrogen-bond donors (Lipinski definition) is 2. The maximum absolute atomic E-state index is 12.1. The standard InChI is InChI=1S/C15H26N2O3/c1-14(2,15(3,4)16)13(18)17-8-6-9-19-11-12-7-5-10-20-12/h5,7,10H,6,8-9,11,16H2,1-4H3,(H,17,18). The van der Waals surface area contributed by atoms with Gasteiger partial charge in [-0.2, -0.15) is 0 Å². The van der Waals surface area contributed by atoms with Crippen molar-refractivity contribution >= 4 is 5.91 Å². The second-order valence-corrected chi connectivity index (χ2v) is 6.09. The average molecular weight is 282 g/mol. The fourth-order valence-electron chi connectivity index (χ4n) is 1.46. The molecular formula is C15H26N2O3. The lowest BCUT2D eigenvalue weighted by atomic mass is 9.74. The Morgan fingerprint density at radius 1 is 1.40 bits per heavy atom. The first-order valence-electron chi connectivity index (χ1n) is 6.92. The fourth-order valence-corrected chi connectivity index (χ4v) is 1.46. The number of nitrogens with one attached hydrogen (secondary N) is 1. The summed E-state index contributed by atoms with van der Waals surface area (Å²) in [6, 6.07) is 3.70. The van der Waals surface area contributed by atoms with Crippen LogP contribution in [-0.2, 0) is 16.1 Å². The van der Waals surface area contributed by atoms with Crippen LogP contribution in [0.5, 0.6) is 0 Å².